The zero-order valence-electron chi connectivity index (χ0n) is 20.5. The number of halogens is 2. The molecule has 5 rings (SSSR count). The predicted molar refractivity (Wildman–Crippen MR) is 142 cm³/mol. The van der Waals surface area contributed by atoms with E-state index in [0.29, 0.717) is 29.6 Å². The topological polar surface area (TPSA) is 54.3 Å². The van der Waals surface area contributed by atoms with Crippen LogP contribution in [0.5, 0.6) is 0 Å². The Hall–Kier alpha value is -3.29. The Labute approximate surface area is 215 Å². The van der Waals surface area contributed by atoms with Crippen LogP contribution in [0, 0.1) is 12.7 Å². The van der Waals surface area contributed by atoms with Crippen LogP contribution in [0.1, 0.15) is 29.7 Å². The molecule has 0 spiro atoms. The van der Waals surface area contributed by atoms with Gasteiger partial charge in [-0.15, -0.1) is 0 Å². The summed E-state index contributed by atoms with van der Waals surface area (Å²) in [6.07, 6.45) is 9.44. The van der Waals surface area contributed by atoms with Crippen LogP contribution in [0.25, 0.3) is 10.9 Å². The summed E-state index contributed by atoms with van der Waals surface area (Å²) in [5.74, 6) is -0.582. The fourth-order valence-corrected chi connectivity index (χ4v) is 5.31. The Morgan fingerprint density at radius 1 is 1.19 bits per heavy atom. The second kappa shape index (κ2) is 10.4. The van der Waals surface area contributed by atoms with Gasteiger partial charge in [0.05, 0.1) is 22.4 Å². The van der Waals surface area contributed by atoms with Crippen molar-refractivity contribution in [2.75, 3.05) is 18.0 Å². The minimum Gasteiger partial charge on any atom is -0.369 e. The van der Waals surface area contributed by atoms with Gasteiger partial charge >= 0.3 is 0 Å². The first kappa shape index (κ1) is 24.4. The van der Waals surface area contributed by atoms with Crippen molar-refractivity contribution in [2.45, 2.75) is 38.9 Å². The molecule has 0 unspecified atom stereocenters. The number of rotatable bonds is 6. The van der Waals surface area contributed by atoms with Crippen molar-refractivity contribution in [3.63, 3.8) is 0 Å². The Kier molecular flexibility index (Phi) is 7.03. The molecule has 1 aliphatic heterocycles. The first-order valence-corrected chi connectivity index (χ1v) is 12.5. The monoisotopic (exact) mass is 505 g/mol. The van der Waals surface area contributed by atoms with E-state index in [-0.39, 0.29) is 16.5 Å². The predicted octanol–water partition coefficient (Wildman–Crippen LogP) is 5.10. The number of piperidine rings is 1. The number of nitrogens with zero attached hydrogens (tertiary/aromatic N) is 5. The van der Waals surface area contributed by atoms with Crippen LogP contribution in [0.15, 0.2) is 66.0 Å². The lowest BCUT2D eigenvalue weighted by molar-refractivity contribution is 0.158. The summed E-state index contributed by atoms with van der Waals surface area (Å²) < 4.78 is 16.1. The first-order chi connectivity index (χ1) is 17.4. The van der Waals surface area contributed by atoms with Crippen LogP contribution in [0.4, 0.5) is 10.1 Å². The average molecular weight is 506 g/mol. The molecule has 0 N–H and O–H groups in total. The van der Waals surface area contributed by atoms with E-state index >= 15 is 0 Å². The fourth-order valence-electron chi connectivity index (χ4n) is 5.16. The van der Waals surface area contributed by atoms with Crippen molar-refractivity contribution in [2.24, 2.45) is 7.05 Å². The molecule has 3 aromatic heterocycles. The summed E-state index contributed by atoms with van der Waals surface area (Å²) in [6, 6.07) is 11.2. The maximum Gasteiger partial charge on any atom is 0.193 e. The van der Waals surface area contributed by atoms with E-state index < -0.39 is 5.82 Å². The molecular formula is C28H29ClFN5O. The number of fused-ring (bicyclic) bond motifs is 1. The normalized spacial score (nSPS) is 16.1. The summed E-state index contributed by atoms with van der Waals surface area (Å²) in [4.78, 5) is 26.8. The summed E-state index contributed by atoms with van der Waals surface area (Å²) >= 11 is 5.99. The van der Waals surface area contributed by atoms with E-state index in [4.69, 9.17) is 11.6 Å². The molecule has 1 atom stereocenters. The summed E-state index contributed by atoms with van der Waals surface area (Å²) in [7, 11) is 1.86. The second-order valence-electron chi connectivity index (χ2n) is 9.54. The maximum atomic E-state index is 14.3. The van der Waals surface area contributed by atoms with Crippen molar-refractivity contribution >= 4 is 28.2 Å². The van der Waals surface area contributed by atoms with Gasteiger partial charge in [-0.2, -0.15) is 0 Å². The number of pyridine rings is 3. The van der Waals surface area contributed by atoms with Crippen LogP contribution in [-0.4, -0.2) is 38.6 Å². The van der Waals surface area contributed by atoms with Gasteiger partial charge in [0, 0.05) is 74.5 Å². The van der Waals surface area contributed by atoms with E-state index in [1.807, 2.05) is 49.3 Å². The highest BCUT2D eigenvalue weighted by Gasteiger charge is 2.27. The van der Waals surface area contributed by atoms with Crippen molar-refractivity contribution in [3.8, 4) is 0 Å². The zero-order chi connectivity index (χ0) is 25.2. The van der Waals surface area contributed by atoms with Gasteiger partial charge in [0.1, 0.15) is 5.82 Å². The molecule has 0 bridgehead atoms. The quantitative estimate of drug-likeness (QED) is 0.365. The molecule has 1 fully saturated rings. The van der Waals surface area contributed by atoms with Crippen molar-refractivity contribution in [1.29, 1.82) is 0 Å². The van der Waals surface area contributed by atoms with Crippen LogP contribution >= 0.6 is 11.6 Å². The van der Waals surface area contributed by atoms with E-state index in [2.05, 4.69) is 31.9 Å². The first-order valence-electron chi connectivity index (χ1n) is 12.2. The number of aromatic nitrogens is 3. The van der Waals surface area contributed by atoms with E-state index in [1.54, 1.807) is 6.20 Å². The molecule has 0 aliphatic carbocycles. The number of benzene rings is 1. The average Bonchev–Trinajstić information content (AvgIpc) is 2.88. The minimum atomic E-state index is -0.582. The minimum absolute atomic E-state index is 0.0117. The number of hydrogen-bond acceptors (Lipinski definition) is 5. The van der Waals surface area contributed by atoms with Gasteiger partial charge in [-0.1, -0.05) is 11.6 Å². The summed E-state index contributed by atoms with van der Waals surface area (Å²) in [5, 5.41) is 0.356. The molecule has 0 saturated carbocycles. The van der Waals surface area contributed by atoms with Gasteiger partial charge in [-0.25, -0.2) is 4.39 Å². The SMILES string of the molecule is Cc1cc(CN(Cc2cn(C)c3cc(Cl)c(F)cc3c2=O)[C@H]2CCCN(c3cccnc3)C2)ccn1. The standard InChI is InChI=1S/C28H29ClFN5O/c1-19-11-20(7-9-32-19)15-35(23-6-4-10-34(18-23)22-5-3-8-31-14-22)17-21-16-33(2)27-13-25(29)26(30)12-24(27)28(21)36/h3,5,7-9,11-14,16,23H,4,6,10,15,17-18H2,1-2H3/t23-/m0/s1. The number of aryl methyl sites for hydroxylation is 2. The van der Waals surface area contributed by atoms with Crippen LogP contribution in [0.3, 0.4) is 0 Å². The van der Waals surface area contributed by atoms with Crippen molar-refractivity contribution in [3.05, 3.63) is 99.1 Å². The van der Waals surface area contributed by atoms with Crippen LogP contribution in [0.2, 0.25) is 5.02 Å². The van der Waals surface area contributed by atoms with Crippen LogP contribution < -0.4 is 10.3 Å². The van der Waals surface area contributed by atoms with Gasteiger partial charge < -0.3 is 9.47 Å². The Morgan fingerprint density at radius 3 is 2.83 bits per heavy atom. The lowest BCUT2D eigenvalue weighted by Crippen LogP contribution is -2.48. The Balaban J connectivity index is 1.50. The lowest BCUT2D eigenvalue weighted by atomic mass is 10.0. The summed E-state index contributed by atoms with van der Waals surface area (Å²) in [6.45, 7) is 4.94. The van der Waals surface area contributed by atoms with Crippen molar-refractivity contribution in [1.82, 2.24) is 19.4 Å². The molecule has 4 aromatic rings. The molecule has 0 radical (unpaired) electrons. The number of hydrogen-bond donors (Lipinski definition) is 0. The fraction of sp³-hybridized carbons (Fsp3) is 0.321. The molecule has 6 nitrogen and oxygen atoms in total. The largest absolute Gasteiger partial charge is 0.369 e. The smallest absolute Gasteiger partial charge is 0.193 e. The second-order valence-corrected chi connectivity index (χ2v) is 9.95. The van der Waals surface area contributed by atoms with Gasteiger partial charge in [-0.3, -0.25) is 19.7 Å². The molecule has 1 aliphatic rings. The molecule has 1 aromatic carbocycles. The third-order valence-corrected chi connectivity index (χ3v) is 7.24. The third kappa shape index (κ3) is 5.13. The van der Waals surface area contributed by atoms with Gasteiger partial charge in [0.25, 0.3) is 0 Å². The zero-order valence-corrected chi connectivity index (χ0v) is 21.2. The Morgan fingerprint density at radius 2 is 2.06 bits per heavy atom. The molecule has 186 valence electrons. The van der Waals surface area contributed by atoms with Crippen LogP contribution in [-0.2, 0) is 20.1 Å². The molecular weight excluding hydrogens is 477 g/mol. The molecule has 0 amide bonds. The molecule has 1 saturated heterocycles. The lowest BCUT2D eigenvalue weighted by Gasteiger charge is -2.40. The van der Waals surface area contributed by atoms with Gasteiger partial charge in [0.2, 0.25) is 0 Å². The third-order valence-electron chi connectivity index (χ3n) is 6.95. The van der Waals surface area contributed by atoms with Crippen molar-refractivity contribution < 1.29 is 4.39 Å². The van der Waals surface area contributed by atoms with Gasteiger partial charge in [0.15, 0.2) is 5.43 Å². The van der Waals surface area contributed by atoms with E-state index in [0.717, 1.165) is 42.9 Å². The molecule has 8 heteroatoms. The highest BCUT2D eigenvalue weighted by Crippen LogP contribution is 2.26. The van der Waals surface area contributed by atoms with E-state index in [1.165, 1.54) is 12.1 Å². The molecule has 4 heterocycles. The highest BCUT2D eigenvalue weighted by molar-refractivity contribution is 6.31. The Bertz CT molecular complexity index is 1440. The van der Waals surface area contributed by atoms with E-state index in [9.17, 15) is 9.18 Å². The number of anilines is 1. The molecule has 36 heavy (non-hydrogen) atoms. The highest BCUT2D eigenvalue weighted by atomic mass is 35.5. The maximum absolute atomic E-state index is 14.3. The summed E-state index contributed by atoms with van der Waals surface area (Å²) in [5.41, 5.74) is 4.31. The van der Waals surface area contributed by atoms with Gasteiger partial charge in [-0.05, 0) is 61.7 Å².